The maximum absolute atomic E-state index is 14.4. The molecule has 0 aromatic heterocycles. The molecule has 0 saturated heterocycles. The molecule has 0 N–H and O–H groups in total. The Kier molecular flexibility index (Phi) is 9.61. The molecule has 3 aromatic rings. The Morgan fingerprint density at radius 1 is 0.568 bits per heavy atom. The molecule has 0 amide bonds. The van der Waals surface area contributed by atoms with Gasteiger partial charge in [0.2, 0.25) is 0 Å². The molecule has 0 atom stereocenters. The average molecular weight is 665 g/mol. The van der Waals surface area contributed by atoms with Gasteiger partial charge in [0.1, 0.15) is 13.6 Å². The summed E-state index contributed by atoms with van der Waals surface area (Å²) in [4.78, 5) is 0. The molecule has 0 aliphatic carbocycles. The standard InChI is InChI=1S/C25H22F9NP.HI/c1-35(18-17-22(26,27)23(28,29)24(30,31)25(32,33)34)36(19-11-5-2-6-12-19,20-13-7-3-8-14-20)21-15-9-4-10-16-21;/h2-16H,17-18H2,1H3;1H/q+1;/p-1. The zero-order chi connectivity index (χ0) is 26.8. The summed E-state index contributed by atoms with van der Waals surface area (Å²) < 4.78 is 123. The molecular formula is C25H22F9INP. The third-order valence-electron chi connectivity index (χ3n) is 5.86. The molecule has 3 aromatic carbocycles. The maximum Gasteiger partial charge on any atom is 0.460 e. The molecule has 0 aliphatic rings. The Balaban J connectivity index is 0.00000481. The summed E-state index contributed by atoms with van der Waals surface area (Å²) in [6.07, 6.45) is -8.78. The predicted molar refractivity (Wildman–Crippen MR) is 122 cm³/mol. The minimum absolute atomic E-state index is 0. The quantitative estimate of drug-likeness (QED) is 0.197. The van der Waals surface area contributed by atoms with Gasteiger partial charge in [-0.05, 0) is 36.4 Å². The van der Waals surface area contributed by atoms with Gasteiger partial charge in [0, 0.05) is 15.9 Å². The fraction of sp³-hybridized carbons (Fsp3) is 0.280. The van der Waals surface area contributed by atoms with Crippen molar-refractivity contribution in [2.75, 3.05) is 13.6 Å². The molecule has 0 radical (unpaired) electrons. The molecule has 0 spiro atoms. The first-order valence-electron chi connectivity index (χ1n) is 10.7. The van der Waals surface area contributed by atoms with E-state index in [1.54, 1.807) is 91.0 Å². The van der Waals surface area contributed by atoms with Crippen LogP contribution in [0.3, 0.4) is 0 Å². The summed E-state index contributed by atoms with van der Waals surface area (Å²) >= 11 is 0. The first-order valence-corrected chi connectivity index (χ1v) is 12.4. The van der Waals surface area contributed by atoms with E-state index in [1.165, 1.54) is 11.4 Å². The van der Waals surface area contributed by atoms with Crippen molar-refractivity contribution in [3.05, 3.63) is 91.0 Å². The van der Waals surface area contributed by atoms with Gasteiger partial charge in [0.25, 0.3) is 0 Å². The van der Waals surface area contributed by atoms with Crippen LogP contribution >= 0.6 is 7.05 Å². The molecule has 0 saturated carbocycles. The van der Waals surface area contributed by atoms with Crippen LogP contribution in [-0.4, -0.2) is 41.9 Å². The van der Waals surface area contributed by atoms with Gasteiger partial charge in [-0.15, -0.1) is 0 Å². The zero-order valence-electron chi connectivity index (χ0n) is 19.2. The minimum atomic E-state index is -6.91. The predicted octanol–water partition coefficient (Wildman–Crippen LogP) is 3.67. The fourth-order valence-corrected chi connectivity index (χ4v) is 8.27. The first-order chi connectivity index (χ1) is 16.7. The van der Waals surface area contributed by atoms with E-state index in [4.69, 9.17) is 0 Å². The Hall–Kier alpha value is -2.01. The van der Waals surface area contributed by atoms with Crippen LogP contribution in [0.4, 0.5) is 39.5 Å². The average Bonchev–Trinajstić information content (AvgIpc) is 2.84. The Bertz CT molecular complexity index is 1110. The van der Waals surface area contributed by atoms with Gasteiger partial charge in [-0.1, -0.05) is 54.6 Å². The van der Waals surface area contributed by atoms with E-state index in [2.05, 4.69) is 0 Å². The van der Waals surface area contributed by atoms with Gasteiger partial charge >= 0.3 is 23.9 Å². The van der Waals surface area contributed by atoms with Crippen molar-refractivity contribution in [2.24, 2.45) is 0 Å². The molecule has 0 bridgehead atoms. The normalized spacial score (nSPS) is 13.1. The summed E-state index contributed by atoms with van der Waals surface area (Å²) in [5.41, 5.74) is 0. The third-order valence-corrected chi connectivity index (χ3v) is 10.2. The number of hydrogen-bond donors (Lipinski definition) is 0. The van der Waals surface area contributed by atoms with Crippen LogP contribution in [-0.2, 0) is 0 Å². The topological polar surface area (TPSA) is 3.01 Å². The number of rotatable bonds is 8. The zero-order valence-corrected chi connectivity index (χ0v) is 22.3. The molecule has 0 heterocycles. The van der Waals surface area contributed by atoms with Crippen LogP contribution < -0.4 is 39.9 Å². The van der Waals surface area contributed by atoms with E-state index in [0.717, 1.165) is 0 Å². The van der Waals surface area contributed by atoms with Gasteiger partial charge < -0.3 is 24.0 Å². The Morgan fingerprint density at radius 3 is 1.19 bits per heavy atom. The molecule has 37 heavy (non-hydrogen) atoms. The lowest BCUT2D eigenvalue weighted by molar-refractivity contribution is -0.486. The fourth-order valence-electron chi connectivity index (χ4n) is 3.99. The van der Waals surface area contributed by atoms with Crippen LogP contribution in [0.2, 0.25) is 0 Å². The Labute approximate surface area is 225 Å². The first kappa shape index (κ1) is 31.2. The van der Waals surface area contributed by atoms with Crippen molar-refractivity contribution in [1.29, 1.82) is 0 Å². The van der Waals surface area contributed by atoms with Gasteiger partial charge in [0.05, 0.1) is 6.42 Å². The summed E-state index contributed by atoms with van der Waals surface area (Å²) in [7, 11) is -1.64. The summed E-state index contributed by atoms with van der Waals surface area (Å²) in [5, 5.41) is 1.96. The van der Waals surface area contributed by atoms with Crippen molar-refractivity contribution < 1.29 is 67.8 Å². The van der Waals surface area contributed by atoms with Crippen LogP contribution in [0, 0.1) is 0 Å². The molecule has 1 nitrogen and oxygen atoms in total. The molecule has 0 unspecified atom stereocenters. The second-order valence-electron chi connectivity index (χ2n) is 8.12. The molecular weight excluding hydrogens is 643 g/mol. The van der Waals surface area contributed by atoms with Gasteiger partial charge in [-0.3, -0.25) is 4.33 Å². The summed E-state index contributed by atoms with van der Waals surface area (Å²) in [6.45, 7) is -0.900. The molecule has 0 fully saturated rings. The van der Waals surface area contributed by atoms with Crippen LogP contribution in [0.5, 0.6) is 0 Å². The number of hydrogen-bond acceptors (Lipinski definition) is 0. The van der Waals surface area contributed by atoms with Crippen molar-refractivity contribution in [3.63, 3.8) is 0 Å². The van der Waals surface area contributed by atoms with Crippen molar-refractivity contribution >= 4 is 23.0 Å². The number of nitrogens with zero attached hydrogens (tertiary/aromatic N) is 1. The highest BCUT2D eigenvalue weighted by Crippen LogP contribution is 2.54. The third kappa shape index (κ3) is 5.57. The highest BCUT2D eigenvalue weighted by molar-refractivity contribution is 7.85. The van der Waals surface area contributed by atoms with E-state index < -0.39 is 44.0 Å². The molecule has 12 heteroatoms. The van der Waals surface area contributed by atoms with Gasteiger partial charge in [-0.25, -0.2) is 0 Å². The van der Waals surface area contributed by atoms with Crippen LogP contribution in [0.1, 0.15) is 6.42 Å². The highest BCUT2D eigenvalue weighted by atomic mass is 127. The Morgan fingerprint density at radius 2 is 0.892 bits per heavy atom. The second-order valence-corrected chi connectivity index (χ2v) is 11.6. The maximum atomic E-state index is 14.4. The van der Waals surface area contributed by atoms with Crippen molar-refractivity contribution in [2.45, 2.75) is 30.4 Å². The monoisotopic (exact) mass is 665 g/mol. The van der Waals surface area contributed by atoms with Crippen molar-refractivity contribution in [1.82, 2.24) is 0 Å². The van der Waals surface area contributed by atoms with Gasteiger partial charge in [0.15, 0.2) is 7.05 Å². The molecule has 0 aliphatic heterocycles. The van der Waals surface area contributed by atoms with Crippen LogP contribution in [0.25, 0.3) is 0 Å². The summed E-state index contributed by atoms with van der Waals surface area (Å²) in [5.74, 6) is -19.2. The summed E-state index contributed by atoms with van der Waals surface area (Å²) in [6, 6.07) is 25.8. The highest BCUT2D eigenvalue weighted by Gasteiger charge is 2.81. The van der Waals surface area contributed by atoms with E-state index >= 15 is 0 Å². The lowest BCUT2D eigenvalue weighted by Gasteiger charge is -2.33. The number of halogens is 10. The lowest BCUT2D eigenvalue weighted by Crippen LogP contribution is -3.00. The van der Waals surface area contributed by atoms with E-state index in [9.17, 15) is 39.5 Å². The van der Waals surface area contributed by atoms with Crippen LogP contribution in [0.15, 0.2) is 91.0 Å². The smallest absolute Gasteiger partial charge is 0.460 e. The lowest BCUT2D eigenvalue weighted by atomic mass is 10.0. The molecule has 3 rings (SSSR count). The van der Waals surface area contributed by atoms with Crippen molar-refractivity contribution in [3.8, 4) is 0 Å². The number of benzene rings is 3. The number of alkyl halides is 9. The second kappa shape index (κ2) is 11.4. The minimum Gasteiger partial charge on any atom is -1.00 e. The SMILES string of the molecule is C[N+](CCC(F)(F)C(F)(F)C(F)(F)C(F)(F)F)=P(c1ccccc1)(c1ccccc1)c1ccccc1.[I-]. The van der Waals surface area contributed by atoms with E-state index in [0.29, 0.717) is 15.9 Å². The van der Waals surface area contributed by atoms with E-state index in [-0.39, 0.29) is 24.0 Å². The van der Waals surface area contributed by atoms with Gasteiger partial charge in [-0.2, -0.15) is 39.5 Å². The van der Waals surface area contributed by atoms with E-state index in [1.807, 2.05) is 0 Å². The molecule has 202 valence electrons. The largest absolute Gasteiger partial charge is 1.00 e.